The first-order chi connectivity index (χ1) is 18.7. The van der Waals surface area contributed by atoms with Crippen LogP contribution in [0.2, 0.25) is 0 Å². The van der Waals surface area contributed by atoms with Crippen LogP contribution in [0.15, 0.2) is 24.3 Å². The summed E-state index contributed by atoms with van der Waals surface area (Å²) in [6, 6.07) is 0. The molecule has 0 aliphatic rings. The Kier molecular flexibility index (Phi) is 31.3. The molecular weight excluding hydrogens is 464 g/mol. The Morgan fingerprint density at radius 2 is 0.895 bits per heavy atom. The number of esters is 1. The van der Waals surface area contributed by atoms with Crippen LogP contribution < -0.4 is 0 Å². The fourth-order valence-electron chi connectivity index (χ4n) is 5.02. The molecule has 0 amide bonds. The van der Waals surface area contributed by atoms with Crippen LogP contribution in [0.25, 0.3) is 0 Å². The molecule has 0 heterocycles. The average molecular weight is 533 g/mol. The lowest BCUT2D eigenvalue weighted by Crippen LogP contribution is -2.17. The van der Waals surface area contributed by atoms with E-state index in [9.17, 15) is 4.79 Å². The van der Waals surface area contributed by atoms with Crippen LogP contribution in [-0.2, 0) is 9.53 Å². The molecular formula is C36H68O2. The van der Waals surface area contributed by atoms with Gasteiger partial charge in [-0.3, -0.25) is 4.79 Å². The molecule has 0 bridgehead atoms. The first kappa shape index (κ1) is 37.0. The molecule has 2 nitrogen and oxygen atoms in total. The van der Waals surface area contributed by atoms with E-state index < -0.39 is 0 Å². The second-order valence-corrected chi connectivity index (χ2v) is 11.6. The number of unbranched alkanes of at least 4 members (excludes halogenated alkanes) is 20. The van der Waals surface area contributed by atoms with E-state index in [4.69, 9.17) is 4.74 Å². The van der Waals surface area contributed by atoms with Crippen molar-refractivity contribution in [2.45, 2.75) is 200 Å². The van der Waals surface area contributed by atoms with E-state index in [1.807, 2.05) is 0 Å². The Hall–Kier alpha value is -1.05. The summed E-state index contributed by atoms with van der Waals surface area (Å²) < 4.78 is 5.92. The Morgan fingerprint density at radius 3 is 1.39 bits per heavy atom. The molecule has 1 atom stereocenters. The van der Waals surface area contributed by atoms with E-state index in [0.29, 0.717) is 6.42 Å². The standard InChI is InChI=1S/C36H68O2/c1-4-7-10-13-15-17-18-19-20-21-22-24-26-28-31-34-36(37)38-35(32-29-12-9-6-3)33-30-27-25-23-16-14-11-8-5-2/h19-20,27,30,35H,4-18,21-26,28-29,31-34H2,1-3H3/b20-19-,30-27?. The van der Waals surface area contributed by atoms with Gasteiger partial charge in [0.25, 0.3) is 0 Å². The van der Waals surface area contributed by atoms with Gasteiger partial charge in [-0.25, -0.2) is 0 Å². The largest absolute Gasteiger partial charge is 0.462 e. The molecule has 38 heavy (non-hydrogen) atoms. The normalized spacial score (nSPS) is 12.6. The minimum absolute atomic E-state index is 0.0208. The summed E-state index contributed by atoms with van der Waals surface area (Å²) >= 11 is 0. The lowest BCUT2D eigenvalue weighted by Gasteiger charge is -2.16. The number of hydrogen-bond donors (Lipinski definition) is 0. The van der Waals surface area contributed by atoms with Crippen molar-refractivity contribution in [1.29, 1.82) is 0 Å². The molecule has 0 saturated carbocycles. The van der Waals surface area contributed by atoms with Gasteiger partial charge in [-0.2, -0.15) is 0 Å². The van der Waals surface area contributed by atoms with Gasteiger partial charge in [0.1, 0.15) is 6.10 Å². The molecule has 0 aromatic heterocycles. The summed E-state index contributed by atoms with van der Waals surface area (Å²) in [4.78, 5) is 12.5. The predicted octanol–water partition coefficient (Wildman–Crippen LogP) is 12.6. The second-order valence-electron chi connectivity index (χ2n) is 11.6. The van der Waals surface area contributed by atoms with Gasteiger partial charge in [0.15, 0.2) is 0 Å². The highest BCUT2D eigenvalue weighted by Crippen LogP contribution is 2.16. The van der Waals surface area contributed by atoms with Crippen molar-refractivity contribution in [3.05, 3.63) is 24.3 Å². The van der Waals surface area contributed by atoms with Gasteiger partial charge in [0.05, 0.1) is 0 Å². The van der Waals surface area contributed by atoms with Gasteiger partial charge in [-0.15, -0.1) is 0 Å². The molecule has 0 aromatic carbocycles. The maximum Gasteiger partial charge on any atom is 0.306 e. The van der Waals surface area contributed by atoms with Crippen LogP contribution in [0.5, 0.6) is 0 Å². The molecule has 0 N–H and O–H groups in total. The maximum absolute atomic E-state index is 12.5. The molecule has 1 unspecified atom stereocenters. The van der Waals surface area contributed by atoms with Crippen molar-refractivity contribution in [3.63, 3.8) is 0 Å². The molecule has 0 saturated heterocycles. The number of ether oxygens (including phenoxy) is 1. The van der Waals surface area contributed by atoms with Crippen LogP contribution in [0, 0.1) is 0 Å². The van der Waals surface area contributed by atoms with Crippen LogP contribution in [0.1, 0.15) is 194 Å². The molecule has 0 spiro atoms. The fraction of sp³-hybridized carbons (Fsp3) is 0.861. The highest BCUT2D eigenvalue weighted by atomic mass is 16.5. The molecule has 0 fully saturated rings. The number of allylic oxidation sites excluding steroid dienone is 3. The summed E-state index contributed by atoms with van der Waals surface area (Å²) in [5.74, 6) is 0.0208. The van der Waals surface area contributed by atoms with E-state index in [-0.39, 0.29) is 12.1 Å². The van der Waals surface area contributed by atoms with Crippen LogP contribution in [0.3, 0.4) is 0 Å². The summed E-state index contributed by atoms with van der Waals surface area (Å²) in [7, 11) is 0. The number of hydrogen-bond acceptors (Lipinski definition) is 2. The quantitative estimate of drug-likeness (QED) is 0.0522. The first-order valence-corrected chi connectivity index (χ1v) is 17.2. The van der Waals surface area contributed by atoms with E-state index in [0.717, 1.165) is 32.1 Å². The fourth-order valence-corrected chi connectivity index (χ4v) is 5.02. The molecule has 0 rings (SSSR count). The summed E-state index contributed by atoms with van der Waals surface area (Å²) in [5, 5.41) is 0. The maximum atomic E-state index is 12.5. The Labute approximate surface area is 239 Å². The minimum atomic E-state index is 0.0208. The van der Waals surface area contributed by atoms with Crippen molar-refractivity contribution in [2.75, 3.05) is 0 Å². The molecule has 0 radical (unpaired) electrons. The minimum Gasteiger partial charge on any atom is -0.462 e. The zero-order valence-corrected chi connectivity index (χ0v) is 26.3. The summed E-state index contributed by atoms with van der Waals surface area (Å²) in [6.45, 7) is 6.80. The molecule has 0 aromatic rings. The smallest absolute Gasteiger partial charge is 0.306 e. The van der Waals surface area contributed by atoms with Crippen LogP contribution in [-0.4, -0.2) is 12.1 Å². The van der Waals surface area contributed by atoms with Gasteiger partial charge in [-0.05, 0) is 57.8 Å². The van der Waals surface area contributed by atoms with Gasteiger partial charge < -0.3 is 4.74 Å². The van der Waals surface area contributed by atoms with E-state index >= 15 is 0 Å². The van der Waals surface area contributed by atoms with Crippen molar-refractivity contribution in [1.82, 2.24) is 0 Å². The zero-order valence-electron chi connectivity index (χ0n) is 26.3. The topological polar surface area (TPSA) is 26.3 Å². The SMILES string of the molecule is CCCCCCCCC=CCC(CCCCCC)OC(=O)CCCCCCC/C=C\CCCCCCCC. The second kappa shape index (κ2) is 32.2. The van der Waals surface area contributed by atoms with E-state index in [1.165, 1.54) is 135 Å². The Balaban J connectivity index is 3.87. The summed E-state index contributed by atoms with van der Waals surface area (Å²) in [6.07, 6.45) is 42.8. The Morgan fingerprint density at radius 1 is 0.500 bits per heavy atom. The van der Waals surface area contributed by atoms with Gasteiger partial charge in [-0.1, -0.05) is 148 Å². The van der Waals surface area contributed by atoms with Gasteiger partial charge >= 0.3 is 5.97 Å². The monoisotopic (exact) mass is 533 g/mol. The number of carbonyl (C=O) groups excluding carboxylic acids is 1. The van der Waals surface area contributed by atoms with Crippen molar-refractivity contribution in [3.8, 4) is 0 Å². The van der Waals surface area contributed by atoms with Crippen LogP contribution >= 0.6 is 0 Å². The summed E-state index contributed by atoms with van der Waals surface area (Å²) in [5.41, 5.74) is 0. The molecule has 224 valence electrons. The van der Waals surface area contributed by atoms with Gasteiger partial charge in [0.2, 0.25) is 0 Å². The third kappa shape index (κ3) is 29.5. The highest BCUT2D eigenvalue weighted by molar-refractivity contribution is 5.69. The molecule has 0 aliphatic carbocycles. The molecule has 2 heteroatoms. The Bertz CT molecular complexity index is 521. The average Bonchev–Trinajstić information content (AvgIpc) is 2.92. The van der Waals surface area contributed by atoms with E-state index in [1.54, 1.807) is 0 Å². The predicted molar refractivity (Wildman–Crippen MR) is 170 cm³/mol. The third-order valence-electron chi connectivity index (χ3n) is 7.61. The lowest BCUT2D eigenvalue weighted by atomic mass is 10.1. The number of carbonyl (C=O) groups is 1. The first-order valence-electron chi connectivity index (χ1n) is 17.2. The van der Waals surface area contributed by atoms with Gasteiger partial charge in [0, 0.05) is 12.8 Å². The van der Waals surface area contributed by atoms with Crippen molar-refractivity contribution >= 4 is 5.97 Å². The number of rotatable bonds is 30. The third-order valence-corrected chi connectivity index (χ3v) is 7.61. The van der Waals surface area contributed by atoms with Crippen LogP contribution in [0.4, 0.5) is 0 Å². The van der Waals surface area contributed by atoms with Crippen molar-refractivity contribution < 1.29 is 9.53 Å². The lowest BCUT2D eigenvalue weighted by molar-refractivity contribution is -0.149. The van der Waals surface area contributed by atoms with Crippen molar-refractivity contribution in [2.24, 2.45) is 0 Å². The molecule has 0 aliphatic heterocycles. The van der Waals surface area contributed by atoms with E-state index in [2.05, 4.69) is 45.1 Å². The zero-order chi connectivity index (χ0) is 27.8. The highest BCUT2D eigenvalue weighted by Gasteiger charge is 2.13.